The van der Waals surface area contributed by atoms with Crippen LogP contribution in [0.15, 0.2) is 30.3 Å². The molecule has 0 amide bonds. The molecule has 0 aliphatic carbocycles. The molecule has 1 atom stereocenters. The highest BCUT2D eigenvalue weighted by Gasteiger charge is 1.94. The van der Waals surface area contributed by atoms with Gasteiger partial charge in [0.1, 0.15) is 0 Å². The lowest BCUT2D eigenvalue weighted by atomic mass is 10.3. The van der Waals surface area contributed by atoms with Gasteiger partial charge in [-0.3, -0.25) is 4.52 Å². The van der Waals surface area contributed by atoms with Crippen molar-refractivity contribution in [2.24, 2.45) is 0 Å². The van der Waals surface area contributed by atoms with Crippen LogP contribution in [0.3, 0.4) is 0 Å². The molecular weight excluding hydrogens is 255 g/mol. The zero-order valence-corrected chi connectivity index (χ0v) is 10.3. The molecule has 6 N–H and O–H groups in total. The molecule has 1 aromatic carbocycles. The predicted octanol–water partition coefficient (Wildman–Crippen LogP) is 0.623. The highest BCUT2D eigenvalue weighted by atomic mass is 31.1. The first kappa shape index (κ1) is 13.6. The summed E-state index contributed by atoms with van der Waals surface area (Å²) in [5, 5.41) is 0. The molecule has 2 aromatic rings. The maximum absolute atomic E-state index is 9.90. The summed E-state index contributed by atoms with van der Waals surface area (Å²) in [4.78, 5) is 10.5. The summed E-state index contributed by atoms with van der Waals surface area (Å²) < 4.78 is 14.6. The molecule has 1 aromatic heterocycles. The number of rotatable bonds is 2. The summed E-state index contributed by atoms with van der Waals surface area (Å²) in [6.45, 7) is 0. The van der Waals surface area contributed by atoms with Gasteiger partial charge in [-0.05, 0) is 16.7 Å². The third-order valence-corrected chi connectivity index (χ3v) is 1.91. The van der Waals surface area contributed by atoms with Crippen LogP contribution >= 0.6 is 8.69 Å². The second-order valence-corrected chi connectivity index (χ2v) is 3.28. The van der Waals surface area contributed by atoms with E-state index in [1.165, 1.54) is 0 Å². The molecule has 1 heterocycles. The number of para-hydroxylation sites is 1. The lowest BCUT2D eigenvalue weighted by Crippen LogP contribution is -2.05. The average Bonchev–Trinajstić information content (AvgIpc) is 2.29. The fourth-order valence-corrected chi connectivity index (χ4v) is 1.20. The van der Waals surface area contributed by atoms with Crippen LogP contribution in [0.25, 0.3) is 0 Å². The molecule has 9 heteroatoms. The molecule has 0 spiro atoms. The van der Waals surface area contributed by atoms with Gasteiger partial charge in [-0.2, -0.15) is 15.0 Å². The lowest BCUT2D eigenvalue weighted by molar-refractivity contribution is 0.525. The molecule has 18 heavy (non-hydrogen) atoms. The van der Waals surface area contributed by atoms with Crippen molar-refractivity contribution >= 4 is 26.5 Å². The zero-order chi connectivity index (χ0) is 13.4. The van der Waals surface area contributed by atoms with E-state index in [9.17, 15) is 4.57 Å². The van der Waals surface area contributed by atoms with E-state index in [0.29, 0.717) is 5.75 Å². The second kappa shape index (κ2) is 6.97. The van der Waals surface area contributed by atoms with Crippen LogP contribution in [-0.2, 0) is 4.57 Å². The summed E-state index contributed by atoms with van der Waals surface area (Å²) >= 11 is 0. The van der Waals surface area contributed by atoms with Gasteiger partial charge in [0.05, 0.1) is 0 Å². The minimum Gasteiger partial charge on any atom is -0.368 e. The standard InChI is InChI=1S/C6H6O2P.C3H6N6/c7-9-8-6-4-2-1-3-5-6;4-1-7-2(5)9-3(6)8-1/h1-5,9H;(H6,4,5,6,7,8,9)/q+1;. The van der Waals surface area contributed by atoms with E-state index >= 15 is 0 Å². The van der Waals surface area contributed by atoms with Gasteiger partial charge in [0, 0.05) is 0 Å². The van der Waals surface area contributed by atoms with E-state index in [0.717, 1.165) is 0 Å². The summed E-state index contributed by atoms with van der Waals surface area (Å²) in [5.74, 6) is 0.769. The second-order valence-electron chi connectivity index (χ2n) is 2.91. The zero-order valence-electron chi connectivity index (χ0n) is 9.28. The topological polar surface area (TPSA) is 143 Å². The molecule has 1 unspecified atom stereocenters. The van der Waals surface area contributed by atoms with Crippen molar-refractivity contribution in [2.45, 2.75) is 0 Å². The number of nitrogens with zero attached hydrogens (tertiary/aromatic N) is 3. The first-order valence-corrected chi connectivity index (χ1v) is 5.55. The van der Waals surface area contributed by atoms with E-state index in [1.807, 2.05) is 18.2 Å². The first-order chi connectivity index (χ1) is 8.61. The molecule has 0 aliphatic rings. The Hall–Kier alpha value is -2.47. The van der Waals surface area contributed by atoms with Gasteiger partial charge in [-0.25, -0.2) is 0 Å². The van der Waals surface area contributed by atoms with Crippen LogP contribution in [0.1, 0.15) is 0 Å². The Labute approximate surface area is 104 Å². The third-order valence-electron chi connectivity index (χ3n) is 1.59. The third kappa shape index (κ3) is 5.04. The Morgan fingerprint density at radius 1 is 0.889 bits per heavy atom. The number of nitrogen functional groups attached to an aromatic ring is 3. The highest BCUT2D eigenvalue weighted by molar-refractivity contribution is 7.17. The largest absolute Gasteiger partial charge is 0.542 e. The van der Waals surface area contributed by atoms with Gasteiger partial charge in [-0.15, -0.1) is 0 Å². The predicted molar refractivity (Wildman–Crippen MR) is 69.1 cm³/mol. The van der Waals surface area contributed by atoms with E-state index in [4.69, 9.17) is 17.2 Å². The lowest BCUT2D eigenvalue weighted by Gasteiger charge is -1.93. The molecule has 8 nitrogen and oxygen atoms in total. The minimum absolute atomic E-state index is 0.0417. The van der Waals surface area contributed by atoms with Gasteiger partial charge in [0.2, 0.25) is 17.8 Å². The van der Waals surface area contributed by atoms with Crippen LogP contribution in [0.2, 0.25) is 0 Å². The number of nitrogens with two attached hydrogens (primary N) is 3. The Morgan fingerprint density at radius 2 is 1.33 bits per heavy atom. The van der Waals surface area contributed by atoms with Gasteiger partial charge in [-0.1, -0.05) is 18.2 Å². The van der Waals surface area contributed by atoms with Gasteiger partial charge < -0.3 is 17.2 Å². The van der Waals surface area contributed by atoms with Crippen molar-refractivity contribution in [3.63, 3.8) is 0 Å². The van der Waals surface area contributed by atoms with Crippen LogP contribution < -0.4 is 21.7 Å². The van der Waals surface area contributed by atoms with E-state index in [-0.39, 0.29) is 17.8 Å². The van der Waals surface area contributed by atoms with Crippen LogP contribution in [-0.4, -0.2) is 15.0 Å². The van der Waals surface area contributed by atoms with Crippen molar-refractivity contribution < 1.29 is 9.09 Å². The van der Waals surface area contributed by atoms with E-state index in [1.54, 1.807) is 12.1 Å². The monoisotopic (exact) mass is 267 g/mol. The van der Waals surface area contributed by atoms with E-state index < -0.39 is 8.69 Å². The van der Waals surface area contributed by atoms with Crippen molar-refractivity contribution in [2.75, 3.05) is 17.2 Å². The fourth-order valence-electron chi connectivity index (χ4n) is 0.964. The van der Waals surface area contributed by atoms with Crippen LogP contribution in [0, 0.1) is 0 Å². The Bertz CT molecular complexity index is 459. The molecule has 0 fully saturated rings. The molecule has 94 valence electrons. The Kier molecular flexibility index (Phi) is 5.27. The normalized spacial score (nSPS) is 9.33. The Balaban J connectivity index is 0.000000180. The molecular formula is C9H12N6O2P+. The van der Waals surface area contributed by atoms with Gasteiger partial charge >= 0.3 is 8.69 Å². The number of hydrogen-bond donors (Lipinski definition) is 3. The molecule has 0 saturated carbocycles. The van der Waals surface area contributed by atoms with Crippen molar-refractivity contribution in [3.8, 4) is 5.75 Å². The first-order valence-electron chi connectivity index (χ1n) is 4.73. The quantitative estimate of drug-likeness (QED) is 0.672. The number of anilines is 3. The van der Waals surface area contributed by atoms with Crippen molar-refractivity contribution in [1.29, 1.82) is 0 Å². The average molecular weight is 267 g/mol. The SMILES string of the molecule is Nc1nc(N)nc(N)n1.O=[PH+]Oc1ccccc1. The van der Waals surface area contributed by atoms with Crippen molar-refractivity contribution in [1.82, 2.24) is 15.0 Å². The number of aromatic nitrogens is 3. The molecule has 0 saturated heterocycles. The summed E-state index contributed by atoms with van der Waals surface area (Å²) in [6, 6.07) is 9.04. The molecule has 0 radical (unpaired) electrons. The highest BCUT2D eigenvalue weighted by Crippen LogP contribution is 2.12. The van der Waals surface area contributed by atoms with Crippen LogP contribution in [0.4, 0.5) is 17.8 Å². The Morgan fingerprint density at radius 3 is 1.72 bits per heavy atom. The summed E-state index contributed by atoms with van der Waals surface area (Å²) in [6.07, 6.45) is 0. The van der Waals surface area contributed by atoms with E-state index in [2.05, 4.69) is 19.5 Å². The molecule has 0 aliphatic heterocycles. The maximum Gasteiger partial charge on any atom is 0.542 e. The number of benzene rings is 1. The minimum atomic E-state index is -0.715. The summed E-state index contributed by atoms with van der Waals surface area (Å²) in [5.41, 5.74) is 15.4. The smallest absolute Gasteiger partial charge is 0.368 e. The van der Waals surface area contributed by atoms with Gasteiger partial charge in [0.15, 0.2) is 5.75 Å². The number of hydrogen-bond acceptors (Lipinski definition) is 8. The summed E-state index contributed by atoms with van der Waals surface area (Å²) in [7, 11) is -0.715. The maximum atomic E-state index is 9.90. The molecule has 0 bridgehead atoms. The molecule has 2 rings (SSSR count). The van der Waals surface area contributed by atoms with Crippen molar-refractivity contribution in [3.05, 3.63) is 30.3 Å². The van der Waals surface area contributed by atoms with Crippen LogP contribution in [0.5, 0.6) is 5.75 Å². The van der Waals surface area contributed by atoms with Gasteiger partial charge in [0.25, 0.3) is 0 Å². The fraction of sp³-hybridized carbons (Fsp3) is 0.